The lowest BCUT2D eigenvalue weighted by Crippen LogP contribution is -2.40. The maximum Gasteiger partial charge on any atom is 0.166 e. The lowest BCUT2D eigenvalue weighted by molar-refractivity contribution is 0.496. The van der Waals surface area contributed by atoms with E-state index in [0.717, 1.165) is 13.0 Å². The molecule has 0 amide bonds. The van der Waals surface area contributed by atoms with Crippen LogP contribution in [-0.2, 0) is 9.84 Å². The number of sulfone groups is 1. The monoisotopic (exact) mass is 222 g/mol. The van der Waals surface area contributed by atoms with Gasteiger partial charge in [0.1, 0.15) is 0 Å². The van der Waals surface area contributed by atoms with Crippen LogP contribution >= 0.6 is 12.2 Å². The normalized spacial score (nSPS) is 20.4. The number of rotatable bonds is 3. The predicted molar refractivity (Wildman–Crippen MR) is 56.4 cm³/mol. The van der Waals surface area contributed by atoms with Gasteiger partial charge in [-0.05, 0) is 24.6 Å². The first-order valence-corrected chi connectivity index (χ1v) is 6.42. The van der Waals surface area contributed by atoms with Crippen molar-refractivity contribution in [3.8, 4) is 0 Å². The average molecular weight is 222 g/mol. The molecule has 0 atom stereocenters. The van der Waals surface area contributed by atoms with Crippen molar-refractivity contribution in [3.05, 3.63) is 0 Å². The third-order valence-electron chi connectivity index (χ3n) is 2.04. The zero-order valence-electron chi connectivity index (χ0n) is 7.54. The molecule has 0 spiro atoms. The second-order valence-corrected chi connectivity index (χ2v) is 5.80. The summed E-state index contributed by atoms with van der Waals surface area (Å²) in [6, 6.07) is 0. The van der Waals surface area contributed by atoms with Crippen LogP contribution in [0.4, 0.5) is 0 Å². The van der Waals surface area contributed by atoms with Gasteiger partial charge in [0.2, 0.25) is 0 Å². The Kier molecular flexibility index (Phi) is 3.49. The van der Waals surface area contributed by atoms with Gasteiger partial charge in [0.25, 0.3) is 0 Å². The van der Waals surface area contributed by atoms with Crippen molar-refractivity contribution < 1.29 is 8.42 Å². The summed E-state index contributed by atoms with van der Waals surface area (Å²) in [7, 11) is -0.910. The van der Waals surface area contributed by atoms with Crippen LogP contribution in [0.15, 0.2) is 0 Å². The molecule has 1 aliphatic rings. The van der Waals surface area contributed by atoms with E-state index in [1.807, 2.05) is 0 Å². The molecule has 1 aliphatic heterocycles. The van der Waals surface area contributed by atoms with E-state index in [1.54, 1.807) is 7.05 Å². The fourth-order valence-corrected chi connectivity index (χ4v) is 3.09. The highest BCUT2D eigenvalue weighted by molar-refractivity contribution is 7.92. The molecule has 13 heavy (non-hydrogen) atoms. The summed E-state index contributed by atoms with van der Waals surface area (Å²) in [6.45, 7) is 0.750. The van der Waals surface area contributed by atoms with Gasteiger partial charge in [-0.2, -0.15) is 0 Å². The minimum absolute atomic E-state index is 0.331. The van der Waals surface area contributed by atoms with Crippen LogP contribution in [0.2, 0.25) is 0 Å². The summed E-state index contributed by atoms with van der Waals surface area (Å²) in [5.41, 5.74) is 0. The highest BCUT2D eigenvalue weighted by Gasteiger charge is 2.32. The van der Waals surface area contributed by atoms with Crippen molar-refractivity contribution >= 4 is 27.2 Å². The second-order valence-electron chi connectivity index (χ2n) is 3.24. The summed E-state index contributed by atoms with van der Waals surface area (Å²) >= 11 is 4.87. The number of nitrogens with one attached hydrogen (secondary N) is 2. The summed E-state index contributed by atoms with van der Waals surface area (Å²) in [4.78, 5) is 0. The molecule has 0 aliphatic carbocycles. The van der Waals surface area contributed by atoms with Gasteiger partial charge in [-0.25, -0.2) is 8.42 Å². The van der Waals surface area contributed by atoms with E-state index in [2.05, 4.69) is 10.6 Å². The zero-order chi connectivity index (χ0) is 9.90. The molecule has 0 radical (unpaired) electrons. The van der Waals surface area contributed by atoms with Crippen LogP contribution in [-0.4, -0.2) is 38.6 Å². The molecule has 2 N–H and O–H groups in total. The van der Waals surface area contributed by atoms with Gasteiger partial charge in [0.05, 0.1) is 11.5 Å². The predicted octanol–water partition coefficient (Wildman–Crippen LogP) is -0.485. The summed E-state index contributed by atoms with van der Waals surface area (Å²) in [6.07, 6.45) is 0.876. The smallest absolute Gasteiger partial charge is 0.166 e. The number of thiocarbonyl (C=S) groups is 1. The van der Waals surface area contributed by atoms with Crippen molar-refractivity contribution in [3.63, 3.8) is 0 Å². The second kappa shape index (κ2) is 4.23. The van der Waals surface area contributed by atoms with Crippen LogP contribution in [0.25, 0.3) is 0 Å². The standard InChI is InChI=1S/C7H14N2O2S2/c1-8-7(12)9-3-2-6-4-13(10,11)5-6/h6H,2-5H2,1H3,(H2,8,9,12). The van der Waals surface area contributed by atoms with Crippen molar-refractivity contribution in [2.24, 2.45) is 5.92 Å². The zero-order valence-corrected chi connectivity index (χ0v) is 9.17. The first kappa shape index (κ1) is 10.7. The average Bonchev–Trinajstić information content (AvgIpc) is 2.00. The highest BCUT2D eigenvalue weighted by atomic mass is 32.2. The largest absolute Gasteiger partial charge is 0.366 e. The van der Waals surface area contributed by atoms with Crippen LogP contribution in [0.3, 0.4) is 0 Å². The highest BCUT2D eigenvalue weighted by Crippen LogP contribution is 2.20. The topological polar surface area (TPSA) is 58.2 Å². The van der Waals surface area contributed by atoms with E-state index < -0.39 is 9.84 Å². The van der Waals surface area contributed by atoms with Gasteiger partial charge in [-0.1, -0.05) is 0 Å². The van der Waals surface area contributed by atoms with Gasteiger partial charge in [-0.15, -0.1) is 0 Å². The van der Waals surface area contributed by atoms with Gasteiger partial charge in [-0.3, -0.25) is 0 Å². The van der Waals surface area contributed by atoms with Gasteiger partial charge >= 0.3 is 0 Å². The fourth-order valence-electron chi connectivity index (χ4n) is 1.31. The number of hydrogen-bond acceptors (Lipinski definition) is 3. The lowest BCUT2D eigenvalue weighted by Gasteiger charge is -2.25. The fraction of sp³-hybridized carbons (Fsp3) is 0.857. The Bertz CT molecular complexity index is 275. The van der Waals surface area contributed by atoms with Crippen LogP contribution in [0, 0.1) is 5.92 Å². The third kappa shape index (κ3) is 3.48. The SMILES string of the molecule is CNC(=S)NCCC1CS(=O)(=O)C1. The van der Waals surface area contributed by atoms with E-state index in [-0.39, 0.29) is 0 Å². The molecule has 1 heterocycles. The molecular weight excluding hydrogens is 208 g/mol. The van der Waals surface area contributed by atoms with Crippen LogP contribution in [0.1, 0.15) is 6.42 Å². The molecule has 1 fully saturated rings. The van der Waals surface area contributed by atoms with Crippen molar-refractivity contribution in [2.45, 2.75) is 6.42 Å². The third-order valence-corrected chi connectivity index (χ3v) is 4.35. The summed E-state index contributed by atoms with van der Waals surface area (Å²) < 4.78 is 21.6. The maximum absolute atomic E-state index is 10.8. The Hall–Kier alpha value is -0.360. The molecule has 0 aromatic heterocycles. The molecule has 1 rings (SSSR count). The molecule has 0 saturated carbocycles. The van der Waals surface area contributed by atoms with Crippen molar-refractivity contribution in [2.75, 3.05) is 25.1 Å². The minimum Gasteiger partial charge on any atom is -0.366 e. The Morgan fingerprint density at radius 3 is 2.62 bits per heavy atom. The Morgan fingerprint density at radius 1 is 1.54 bits per heavy atom. The minimum atomic E-state index is -2.66. The molecule has 76 valence electrons. The lowest BCUT2D eigenvalue weighted by atomic mass is 10.1. The Labute approximate surface area is 84.0 Å². The molecule has 0 unspecified atom stereocenters. The van der Waals surface area contributed by atoms with Crippen LogP contribution in [0.5, 0.6) is 0 Å². The Morgan fingerprint density at radius 2 is 2.15 bits per heavy atom. The first-order valence-electron chi connectivity index (χ1n) is 4.19. The van der Waals surface area contributed by atoms with Crippen molar-refractivity contribution in [1.29, 1.82) is 0 Å². The maximum atomic E-state index is 10.8. The van der Waals surface area contributed by atoms with Gasteiger partial charge < -0.3 is 10.6 Å². The van der Waals surface area contributed by atoms with Gasteiger partial charge in [0, 0.05) is 13.6 Å². The first-order chi connectivity index (χ1) is 6.03. The van der Waals surface area contributed by atoms with Crippen LogP contribution < -0.4 is 10.6 Å². The molecule has 0 bridgehead atoms. The molecule has 4 nitrogen and oxygen atoms in total. The van der Waals surface area contributed by atoms with Gasteiger partial charge in [0.15, 0.2) is 14.9 Å². The quantitative estimate of drug-likeness (QED) is 0.631. The molecule has 1 saturated heterocycles. The van der Waals surface area contributed by atoms with E-state index in [4.69, 9.17) is 12.2 Å². The van der Waals surface area contributed by atoms with E-state index >= 15 is 0 Å². The molecule has 0 aromatic rings. The molecule has 0 aromatic carbocycles. The summed E-state index contributed by atoms with van der Waals surface area (Å²) in [5, 5.41) is 6.39. The molecular formula is C7H14N2O2S2. The van der Waals surface area contributed by atoms with E-state index in [1.165, 1.54) is 0 Å². The Balaban J connectivity index is 2.06. The molecule has 6 heteroatoms. The van der Waals surface area contributed by atoms with E-state index in [0.29, 0.717) is 22.5 Å². The van der Waals surface area contributed by atoms with Crippen molar-refractivity contribution in [1.82, 2.24) is 10.6 Å². The number of hydrogen-bond donors (Lipinski definition) is 2. The van der Waals surface area contributed by atoms with E-state index in [9.17, 15) is 8.42 Å². The summed E-state index contributed by atoms with van der Waals surface area (Å²) in [5.74, 6) is 1.03.